The lowest BCUT2D eigenvalue weighted by Gasteiger charge is -2.11. The highest BCUT2D eigenvalue weighted by atomic mass is 19.1. The van der Waals surface area contributed by atoms with E-state index >= 15 is 0 Å². The molecule has 0 saturated carbocycles. The fraction of sp³-hybridized carbons (Fsp3) is 0.182. The molecule has 2 aromatic carbocycles. The second-order valence-corrected chi connectivity index (χ2v) is 6.42. The van der Waals surface area contributed by atoms with Crippen molar-refractivity contribution in [1.29, 1.82) is 0 Å². The van der Waals surface area contributed by atoms with E-state index in [1.54, 1.807) is 12.3 Å². The Morgan fingerprint density at radius 1 is 1.07 bits per heavy atom. The molecule has 6 heteroatoms. The van der Waals surface area contributed by atoms with E-state index in [9.17, 15) is 4.39 Å². The molecule has 0 amide bonds. The van der Waals surface area contributed by atoms with Gasteiger partial charge >= 0.3 is 0 Å². The lowest BCUT2D eigenvalue weighted by atomic mass is 10.2. The molecule has 0 radical (unpaired) electrons. The summed E-state index contributed by atoms with van der Waals surface area (Å²) in [6, 6.07) is 18.1. The van der Waals surface area contributed by atoms with Crippen LogP contribution in [0.15, 0.2) is 66.9 Å². The van der Waals surface area contributed by atoms with Crippen LogP contribution in [0.3, 0.4) is 0 Å². The molecule has 0 aliphatic carbocycles. The number of ether oxygens (including phenoxy) is 1. The minimum Gasteiger partial charge on any atom is -0.494 e. The minimum atomic E-state index is -0.310. The third-order valence-corrected chi connectivity index (χ3v) is 4.45. The first-order valence-electron chi connectivity index (χ1n) is 9.23. The summed E-state index contributed by atoms with van der Waals surface area (Å²) in [5.74, 6) is 1.17. The molecular formula is C22H21FN4O. The smallest absolute Gasteiger partial charge is 0.164 e. The number of hydrogen-bond acceptors (Lipinski definition) is 4. The van der Waals surface area contributed by atoms with Gasteiger partial charge in [-0.2, -0.15) is 0 Å². The predicted molar refractivity (Wildman–Crippen MR) is 108 cm³/mol. The maximum Gasteiger partial charge on any atom is 0.164 e. The van der Waals surface area contributed by atoms with Crippen molar-refractivity contribution in [2.45, 2.75) is 6.42 Å². The van der Waals surface area contributed by atoms with Crippen LogP contribution in [0.2, 0.25) is 0 Å². The number of pyridine rings is 1. The summed E-state index contributed by atoms with van der Waals surface area (Å²) in [5, 5.41) is 3.10. The van der Waals surface area contributed by atoms with Crippen molar-refractivity contribution in [2.75, 3.05) is 20.2 Å². The number of nitrogens with zero attached hydrogens (tertiary/aromatic N) is 3. The van der Waals surface area contributed by atoms with E-state index in [0.717, 1.165) is 35.6 Å². The van der Waals surface area contributed by atoms with E-state index in [2.05, 4.69) is 15.3 Å². The van der Waals surface area contributed by atoms with Crippen molar-refractivity contribution in [3.63, 3.8) is 0 Å². The number of imidazole rings is 1. The Hall–Kier alpha value is -3.25. The first kappa shape index (κ1) is 18.1. The molecule has 4 rings (SSSR count). The van der Waals surface area contributed by atoms with E-state index in [0.29, 0.717) is 17.9 Å². The Bertz CT molecular complexity index is 1060. The first-order chi connectivity index (χ1) is 13.8. The number of benzene rings is 2. The molecule has 0 saturated heterocycles. The number of fused-ring (bicyclic) bond motifs is 1. The van der Waals surface area contributed by atoms with E-state index in [1.807, 2.05) is 54.1 Å². The van der Waals surface area contributed by atoms with Crippen molar-refractivity contribution in [3.05, 3.63) is 72.7 Å². The molecule has 28 heavy (non-hydrogen) atoms. The zero-order chi connectivity index (χ0) is 19.3. The van der Waals surface area contributed by atoms with Crippen LogP contribution in [0.1, 0.15) is 6.42 Å². The molecule has 0 spiro atoms. The summed E-state index contributed by atoms with van der Waals surface area (Å²) in [6.45, 7) is 1.58. The van der Waals surface area contributed by atoms with Gasteiger partial charge in [0.2, 0.25) is 0 Å². The van der Waals surface area contributed by atoms with Gasteiger partial charge in [0.05, 0.1) is 17.6 Å². The Balaban J connectivity index is 1.73. The largest absolute Gasteiger partial charge is 0.494 e. The highest BCUT2D eigenvalue weighted by Gasteiger charge is 2.15. The van der Waals surface area contributed by atoms with Gasteiger partial charge in [0.25, 0.3) is 0 Å². The third-order valence-electron chi connectivity index (χ3n) is 4.45. The van der Waals surface area contributed by atoms with Crippen LogP contribution < -0.4 is 10.1 Å². The molecule has 0 aliphatic rings. The van der Waals surface area contributed by atoms with E-state index in [1.165, 1.54) is 12.1 Å². The summed E-state index contributed by atoms with van der Waals surface area (Å²) in [4.78, 5) is 9.06. The monoisotopic (exact) mass is 376 g/mol. The summed E-state index contributed by atoms with van der Waals surface area (Å²) in [5.41, 5.74) is 3.06. The molecule has 0 atom stereocenters. The summed E-state index contributed by atoms with van der Waals surface area (Å²) in [6.07, 6.45) is 2.67. The summed E-state index contributed by atoms with van der Waals surface area (Å²) in [7, 11) is 1.93. The molecule has 0 fully saturated rings. The Kier molecular flexibility index (Phi) is 5.30. The number of rotatable bonds is 7. The Morgan fingerprint density at radius 3 is 2.68 bits per heavy atom. The van der Waals surface area contributed by atoms with Crippen molar-refractivity contribution in [1.82, 2.24) is 19.9 Å². The van der Waals surface area contributed by atoms with Gasteiger partial charge in [-0.25, -0.2) is 9.37 Å². The Labute approximate surface area is 162 Å². The molecular weight excluding hydrogens is 355 g/mol. The van der Waals surface area contributed by atoms with Crippen molar-refractivity contribution >= 4 is 11.0 Å². The average Bonchev–Trinajstić information content (AvgIpc) is 3.11. The molecule has 5 nitrogen and oxygen atoms in total. The van der Waals surface area contributed by atoms with Crippen LogP contribution >= 0.6 is 0 Å². The van der Waals surface area contributed by atoms with Crippen LogP contribution in [-0.2, 0) is 0 Å². The number of halogens is 1. The predicted octanol–water partition coefficient (Wildman–Crippen LogP) is 4.21. The van der Waals surface area contributed by atoms with E-state index in [-0.39, 0.29) is 5.82 Å². The summed E-state index contributed by atoms with van der Waals surface area (Å²) < 4.78 is 21.5. The van der Waals surface area contributed by atoms with Gasteiger partial charge in [0.15, 0.2) is 5.82 Å². The zero-order valence-electron chi connectivity index (χ0n) is 15.6. The molecule has 0 bridgehead atoms. The van der Waals surface area contributed by atoms with Crippen molar-refractivity contribution in [3.8, 4) is 23.0 Å². The maximum absolute atomic E-state index is 13.7. The Morgan fingerprint density at radius 2 is 1.93 bits per heavy atom. The molecule has 0 aliphatic heterocycles. The van der Waals surface area contributed by atoms with Gasteiger partial charge in [0, 0.05) is 18.0 Å². The molecule has 4 aromatic rings. The normalized spacial score (nSPS) is 11.1. The third kappa shape index (κ3) is 3.73. The maximum atomic E-state index is 13.7. The van der Waals surface area contributed by atoms with E-state index < -0.39 is 0 Å². The topological polar surface area (TPSA) is 52.0 Å². The fourth-order valence-electron chi connectivity index (χ4n) is 3.11. The van der Waals surface area contributed by atoms with Gasteiger partial charge in [-0.15, -0.1) is 0 Å². The van der Waals surface area contributed by atoms with Crippen LogP contribution in [0.5, 0.6) is 5.75 Å². The summed E-state index contributed by atoms with van der Waals surface area (Å²) >= 11 is 0. The first-order valence-corrected chi connectivity index (χ1v) is 9.23. The number of aromatic nitrogens is 3. The number of hydrogen-bond donors (Lipinski definition) is 1. The molecule has 2 aromatic heterocycles. The van der Waals surface area contributed by atoms with Crippen LogP contribution in [0.4, 0.5) is 4.39 Å². The van der Waals surface area contributed by atoms with E-state index in [4.69, 9.17) is 4.74 Å². The quantitative estimate of drug-likeness (QED) is 0.491. The van der Waals surface area contributed by atoms with Crippen LogP contribution in [0, 0.1) is 5.82 Å². The lowest BCUT2D eigenvalue weighted by molar-refractivity contribution is 0.310. The molecule has 0 unspecified atom stereocenters. The average molecular weight is 376 g/mol. The lowest BCUT2D eigenvalue weighted by Crippen LogP contribution is -2.11. The standard InChI is InChI=1S/C22H21FN4O/c1-24-12-4-14-28-18-9-7-17(8-10-18)27-21-11-6-16(23)15-20(21)26-22(27)19-5-2-3-13-25-19/h2-3,5-11,13,15,24H,4,12,14H2,1H3. The highest BCUT2D eigenvalue weighted by Crippen LogP contribution is 2.28. The number of nitrogens with one attached hydrogen (secondary N) is 1. The molecule has 1 N–H and O–H groups in total. The SMILES string of the molecule is CNCCCOc1ccc(-n2c(-c3ccccn3)nc3cc(F)ccc32)cc1. The van der Waals surface area contributed by atoms with Gasteiger partial charge in [0.1, 0.15) is 17.3 Å². The molecule has 2 heterocycles. The van der Waals surface area contributed by atoms with Crippen molar-refractivity contribution in [2.24, 2.45) is 0 Å². The van der Waals surface area contributed by atoms with Gasteiger partial charge in [-0.3, -0.25) is 9.55 Å². The zero-order valence-corrected chi connectivity index (χ0v) is 15.6. The van der Waals surface area contributed by atoms with Crippen LogP contribution in [-0.4, -0.2) is 34.7 Å². The van der Waals surface area contributed by atoms with Crippen molar-refractivity contribution < 1.29 is 9.13 Å². The second kappa shape index (κ2) is 8.19. The second-order valence-electron chi connectivity index (χ2n) is 6.42. The van der Waals surface area contributed by atoms with Gasteiger partial charge in [-0.1, -0.05) is 6.07 Å². The molecule has 142 valence electrons. The highest BCUT2D eigenvalue weighted by molar-refractivity contribution is 5.82. The van der Waals surface area contributed by atoms with Gasteiger partial charge in [-0.05, 0) is 68.5 Å². The fourth-order valence-corrected chi connectivity index (χ4v) is 3.11. The minimum absolute atomic E-state index is 0.310. The van der Waals surface area contributed by atoms with Gasteiger partial charge < -0.3 is 10.1 Å². The van der Waals surface area contributed by atoms with Crippen LogP contribution in [0.25, 0.3) is 28.2 Å².